The Bertz CT molecular complexity index is 628. The number of nitrogens with one attached hydrogen (secondary N) is 1. The molecule has 0 radical (unpaired) electrons. The number of rotatable bonds is 4. The van der Waals surface area contributed by atoms with Crippen molar-refractivity contribution in [1.29, 1.82) is 0 Å². The SMILES string of the molecule is COC(=O)[C@H](Nc1cnn(C)c1)c1cccc(Cl)c1Cl. The van der Waals surface area contributed by atoms with Crippen molar-refractivity contribution in [1.82, 2.24) is 9.78 Å². The Kier molecular flexibility index (Phi) is 4.52. The molecule has 0 spiro atoms. The van der Waals surface area contributed by atoms with Crippen LogP contribution in [-0.4, -0.2) is 22.9 Å². The largest absolute Gasteiger partial charge is 0.467 e. The first kappa shape index (κ1) is 14.7. The van der Waals surface area contributed by atoms with Crippen LogP contribution in [-0.2, 0) is 16.6 Å². The Morgan fingerprint density at radius 1 is 1.45 bits per heavy atom. The fourth-order valence-corrected chi connectivity index (χ4v) is 2.20. The molecule has 106 valence electrons. The molecule has 1 heterocycles. The van der Waals surface area contributed by atoms with Crippen LogP contribution in [0.5, 0.6) is 0 Å². The second-order valence-electron chi connectivity index (χ2n) is 4.15. The lowest BCUT2D eigenvalue weighted by molar-refractivity contribution is -0.141. The molecule has 20 heavy (non-hydrogen) atoms. The molecule has 0 aliphatic heterocycles. The van der Waals surface area contributed by atoms with Crippen LogP contribution in [0.3, 0.4) is 0 Å². The van der Waals surface area contributed by atoms with Gasteiger partial charge in [-0.3, -0.25) is 4.68 Å². The molecular weight excluding hydrogens is 301 g/mol. The number of carbonyl (C=O) groups excluding carboxylic acids is 1. The van der Waals surface area contributed by atoms with E-state index in [0.717, 1.165) is 0 Å². The van der Waals surface area contributed by atoms with Gasteiger partial charge < -0.3 is 10.1 Å². The lowest BCUT2D eigenvalue weighted by Crippen LogP contribution is -2.22. The minimum atomic E-state index is -0.754. The van der Waals surface area contributed by atoms with Crippen molar-refractivity contribution in [3.8, 4) is 0 Å². The molecule has 1 aromatic heterocycles. The van der Waals surface area contributed by atoms with Gasteiger partial charge in [0.1, 0.15) is 0 Å². The monoisotopic (exact) mass is 313 g/mol. The molecule has 0 saturated carbocycles. The van der Waals surface area contributed by atoms with Crippen LogP contribution in [0.25, 0.3) is 0 Å². The van der Waals surface area contributed by atoms with Crippen molar-refractivity contribution in [2.45, 2.75) is 6.04 Å². The fourth-order valence-electron chi connectivity index (χ4n) is 1.79. The summed E-state index contributed by atoms with van der Waals surface area (Å²) in [5.74, 6) is -0.460. The molecule has 1 N–H and O–H groups in total. The maximum absolute atomic E-state index is 12.0. The van der Waals surface area contributed by atoms with Gasteiger partial charge in [-0.05, 0) is 6.07 Å². The minimum absolute atomic E-state index is 0.320. The van der Waals surface area contributed by atoms with Crippen LogP contribution in [0, 0.1) is 0 Å². The first-order chi connectivity index (χ1) is 9.52. The lowest BCUT2D eigenvalue weighted by Gasteiger charge is -2.18. The molecule has 2 aromatic rings. The van der Waals surface area contributed by atoms with Gasteiger partial charge in [-0.25, -0.2) is 4.79 Å². The number of aryl methyl sites for hydroxylation is 1. The van der Waals surface area contributed by atoms with Gasteiger partial charge in [-0.2, -0.15) is 5.10 Å². The molecule has 0 bridgehead atoms. The summed E-state index contributed by atoms with van der Waals surface area (Å²) in [4.78, 5) is 12.0. The van der Waals surface area contributed by atoms with Crippen LogP contribution < -0.4 is 5.32 Å². The summed E-state index contributed by atoms with van der Waals surface area (Å²) in [5, 5.41) is 7.77. The summed E-state index contributed by atoms with van der Waals surface area (Å²) in [5.41, 5.74) is 1.23. The highest BCUT2D eigenvalue weighted by Gasteiger charge is 2.25. The van der Waals surface area contributed by atoms with E-state index in [1.165, 1.54) is 7.11 Å². The van der Waals surface area contributed by atoms with Crippen LogP contribution in [0.4, 0.5) is 5.69 Å². The molecular formula is C13H13Cl2N3O2. The first-order valence-corrected chi connectivity index (χ1v) is 6.55. The van der Waals surface area contributed by atoms with Crippen LogP contribution >= 0.6 is 23.2 Å². The summed E-state index contributed by atoms with van der Waals surface area (Å²) in [6.45, 7) is 0. The molecule has 0 fully saturated rings. The average molecular weight is 314 g/mol. The molecule has 5 nitrogen and oxygen atoms in total. The predicted molar refractivity (Wildman–Crippen MR) is 78.0 cm³/mol. The maximum atomic E-state index is 12.0. The number of halogens is 2. The zero-order valence-corrected chi connectivity index (χ0v) is 12.4. The van der Waals surface area contributed by atoms with Crippen molar-refractivity contribution in [2.75, 3.05) is 12.4 Å². The van der Waals surface area contributed by atoms with Crippen LogP contribution in [0.1, 0.15) is 11.6 Å². The second-order valence-corrected chi connectivity index (χ2v) is 4.93. The van der Waals surface area contributed by atoms with Gasteiger partial charge in [0.15, 0.2) is 6.04 Å². The molecule has 0 aliphatic carbocycles. The van der Waals surface area contributed by atoms with Gasteiger partial charge in [-0.1, -0.05) is 35.3 Å². The van der Waals surface area contributed by atoms with Crippen LogP contribution in [0.15, 0.2) is 30.6 Å². The summed E-state index contributed by atoms with van der Waals surface area (Å²) in [6, 6.07) is 4.35. The van der Waals surface area contributed by atoms with E-state index in [1.807, 2.05) is 0 Å². The summed E-state index contributed by atoms with van der Waals surface area (Å²) >= 11 is 12.1. The Morgan fingerprint density at radius 3 is 2.80 bits per heavy atom. The minimum Gasteiger partial charge on any atom is -0.467 e. The zero-order valence-electron chi connectivity index (χ0n) is 10.9. The van der Waals surface area contributed by atoms with E-state index in [-0.39, 0.29) is 0 Å². The van der Waals surface area contributed by atoms with E-state index in [2.05, 4.69) is 10.4 Å². The molecule has 1 atom stereocenters. The number of carbonyl (C=O) groups is 1. The number of esters is 1. The maximum Gasteiger partial charge on any atom is 0.333 e. The van der Waals surface area contributed by atoms with Gasteiger partial charge in [0, 0.05) is 18.8 Å². The highest BCUT2D eigenvalue weighted by atomic mass is 35.5. The van der Waals surface area contributed by atoms with Gasteiger partial charge in [0.2, 0.25) is 0 Å². The summed E-state index contributed by atoms with van der Waals surface area (Å²) < 4.78 is 6.43. The molecule has 0 unspecified atom stereocenters. The van der Waals surface area contributed by atoms with Crippen molar-refractivity contribution >= 4 is 34.9 Å². The topological polar surface area (TPSA) is 56.1 Å². The van der Waals surface area contributed by atoms with E-state index >= 15 is 0 Å². The number of hydrogen-bond acceptors (Lipinski definition) is 4. The standard InChI is InChI=1S/C13H13Cl2N3O2/c1-18-7-8(6-16-18)17-12(13(19)20-2)9-4-3-5-10(14)11(9)15/h3-7,12,17H,1-2H3/t12-/m1/s1. The molecule has 7 heteroatoms. The van der Waals surface area contributed by atoms with Crippen molar-refractivity contribution in [3.05, 3.63) is 46.2 Å². The van der Waals surface area contributed by atoms with Crippen molar-refractivity contribution in [2.24, 2.45) is 7.05 Å². The number of ether oxygens (including phenoxy) is 1. The summed E-state index contributed by atoms with van der Waals surface area (Å²) in [6.07, 6.45) is 3.35. The molecule has 0 saturated heterocycles. The zero-order chi connectivity index (χ0) is 14.7. The smallest absolute Gasteiger partial charge is 0.333 e. The number of benzene rings is 1. The predicted octanol–water partition coefficient (Wildman–Crippen LogP) is 3.05. The quantitative estimate of drug-likeness (QED) is 0.881. The fraction of sp³-hybridized carbons (Fsp3) is 0.231. The number of anilines is 1. The van der Waals surface area contributed by atoms with E-state index in [0.29, 0.717) is 21.3 Å². The van der Waals surface area contributed by atoms with Gasteiger partial charge in [0.05, 0.1) is 29.0 Å². The number of nitrogens with zero attached hydrogens (tertiary/aromatic N) is 2. The van der Waals surface area contributed by atoms with E-state index in [9.17, 15) is 4.79 Å². The first-order valence-electron chi connectivity index (χ1n) is 5.80. The third-order valence-electron chi connectivity index (χ3n) is 2.75. The number of hydrogen-bond donors (Lipinski definition) is 1. The summed E-state index contributed by atoms with van der Waals surface area (Å²) in [7, 11) is 3.10. The normalized spacial score (nSPS) is 12.0. The van der Waals surface area contributed by atoms with Gasteiger partial charge in [-0.15, -0.1) is 0 Å². The molecule has 2 rings (SSSR count). The molecule has 1 aromatic carbocycles. The van der Waals surface area contributed by atoms with Crippen LogP contribution in [0.2, 0.25) is 10.0 Å². The highest BCUT2D eigenvalue weighted by Crippen LogP contribution is 2.32. The van der Waals surface area contributed by atoms with Gasteiger partial charge in [0.25, 0.3) is 0 Å². The van der Waals surface area contributed by atoms with E-state index < -0.39 is 12.0 Å². The lowest BCUT2D eigenvalue weighted by atomic mass is 10.1. The Balaban J connectivity index is 2.37. The number of methoxy groups -OCH3 is 1. The van der Waals surface area contributed by atoms with Crippen molar-refractivity contribution in [3.63, 3.8) is 0 Å². The third kappa shape index (κ3) is 3.05. The van der Waals surface area contributed by atoms with E-state index in [4.69, 9.17) is 27.9 Å². The Labute approximate surface area is 126 Å². The molecule has 0 aliphatic rings. The highest BCUT2D eigenvalue weighted by molar-refractivity contribution is 6.42. The average Bonchev–Trinajstić information content (AvgIpc) is 2.84. The third-order valence-corrected chi connectivity index (χ3v) is 3.58. The number of aromatic nitrogens is 2. The van der Waals surface area contributed by atoms with E-state index in [1.54, 1.807) is 42.3 Å². The van der Waals surface area contributed by atoms with Gasteiger partial charge >= 0.3 is 5.97 Å². The van der Waals surface area contributed by atoms with Crippen molar-refractivity contribution < 1.29 is 9.53 Å². The molecule has 0 amide bonds. The second kappa shape index (κ2) is 6.15. The Hall–Kier alpha value is -1.72. The Morgan fingerprint density at radius 2 is 2.20 bits per heavy atom.